The number of nitrogens with one attached hydrogen (secondary N) is 1. The average Bonchev–Trinajstić information content (AvgIpc) is 2.38. The van der Waals surface area contributed by atoms with Crippen LogP contribution in [-0.4, -0.2) is 30.6 Å². The smallest absolute Gasteiger partial charge is 0.0321 e. The highest BCUT2D eigenvalue weighted by molar-refractivity contribution is 5.24. The molecule has 0 bridgehead atoms. The molecule has 2 rings (SSSR count). The van der Waals surface area contributed by atoms with E-state index < -0.39 is 0 Å². The summed E-state index contributed by atoms with van der Waals surface area (Å²) < 4.78 is 0. The SMILES string of the molecule is CCc1ccc(C(C)N2CCNC(C)C2)cc1. The van der Waals surface area contributed by atoms with E-state index in [0.29, 0.717) is 12.1 Å². The molecule has 1 fully saturated rings. The fourth-order valence-corrected chi connectivity index (χ4v) is 2.56. The lowest BCUT2D eigenvalue weighted by Gasteiger charge is -2.36. The summed E-state index contributed by atoms with van der Waals surface area (Å²) in [6.45, 7) is 10.2. The molecule has 1 N–H and O–H groups in total. The fourth-order valence-electron chi connectivity index (χ4n) is 2.56. The minimum Gasteiger partial charge on any atom is -0.312 e. The largest absolute Gasteiger partial charge is 0.312 e. The molecular formula is C15H24N2. The molecule has 0 radical (unpaired) electrons. The molecule has 2 nitrogen and oxygen atoms in total. The Morgan fingerprint density at radius 2 is 2.06 bits per heavy atom. The number of rotatable bonds is 3. The van der Waals surface area contributed by atoms with Crippen molar-refractivity contribution in [3.8, 4) is 0 Å². The van der Waals surface area contributed by atoms with Crippen LogP contribution in [0.2, 0.25) is 0 Å². The molecule has 1 aromatic rings. The zero-order valence-electron chi connectivity index (χ0n) is 11.2. The molecule has 0 amide bonds. The Labute approximate surface area is 105 Å². The molecule has 1 heterocycles. The normalized spacial score (nSPS) is 23.6. The van der Waals surface area contributed by atoms with Gasteiger partial charge in [-0.25, -0.2) is 0 Å². The predicted octanol–water partition coefficient (Wildman–Crippen LogP) is 2.60. The molecular weight excluding hydrogens is 208 g/mol. The molecule has 17 heavy (non-hydrogen) atoms. The molecule has 0 saturated carbocycles. The van der Waals surface area contributed by atoms with E-state index in [9.17, 15) is 0 Å². The molecule has 1 aromatic carbocycles. The first-order valence-corrected chi connectivity index (χ1v) is 6.77. The van der Waals surface area contributed by atoms with Gasteiger partial charge in [-0.1, -0.05) is 31.2 Å². The third-order valence-electron chi connectivity index (χ3n) is 3.82. The van der Waals surface area contributed by atoms with Crippen LogP contribution in [0, 0.1) is 0 Å². The van der Waals surface area contributed by atoms with Gasteiger partial charge in [-0.15, -0.1) is 0 Å². The highest BCUT2D eigenvalue weighted by atomic mass is 15.2. The summed E-state index contributed by atoms with van der Waals surface area (Å²) in [6, 6.07) is 10.2. The van der Waals surface area contributed by atoms with Crippen molar-refractivity contribution in [3.63, 3.8) is 0 Å². The third kappa shape index (κ3) is 3.08. The van der Waals surface area contributed by atoms with Crippen LogP contribution in [0.25, 0.3) is 0 Å². The number of hydrogen-bond donors (Lipinski definition) is 1. The van der Waals surface area contributed by atoms with Crippen molar-refractivity contribution < 1.29 is 0 Å². The van der Waals surface area contributed by atoms with Crippen LogP contribution >= 0.6 is 0 Å². The van der Waals surface area contributed by atoms with Gasteiger partial charge in [-0.2, -0.15) is 0 Å². The van der Waals surface area contributed by atoms with Crippen LogP contribution in [0.3, 0.4) is 0 Å². The van der Waals surface area contributed by atoms with Crippen LogP contribution in [0.5, 0.6) is 0 Å². The summed E-state index contributed by atoms with van der Waals surface area (Å²) >= 11 is 0. The number of hydrogen-bond acceptors (Lipinski definition) is 2. The summed E-state index contributed by atoms with van der Waals surface area (Å²) in [5.41, 5.74) is 2.87. The maximum atomic E-state index is 3.49. The summed E-state index contributed by atoms with van der Waals surface area (Å²) in [7, 11) is 0. The highest BCUT2D eigenvalue weighted by Gasteiger charge is 2.21. The van der Waals surface area contributed by atoms with Crippen molar-refractivity contribution >= 4 is 0 Å². The minimum atomic E-state index is 0.533. The van der Waals surface area contributed by atoms with E-state index in [1.807, 2.05) is 0 Å². The average molecular weight is 232 g/mol. The van der Waals surface area contributed by atoms with Gasteiger partial charge >= 0.3 is 0 Å². The minimum absolute atomic E-state index is 0.533. The second-order valence-electron chi connectivity index (χ2n) is 5.12. The molecule has 2 unspecified atom stereocenters. The van der Waals surface area contributed by atoms with Gasteiger partial charge in [-0.3, -0.25) is 4.90 Å². The fraction of sp³-hybridized carbons (Fsp3) is 0.600. The van der Waals surface area contributed by atoms with Crippen LogP contribution in [0.1, 0.15) is 37.9 Å². The lowest BCUT2D eigenvalue weighted by molar-refractivity contribution is 0.158. The first kappa shape index (κ1) is 12.6. The van der Waals surface area contributed by atoms with Gasteiger partial charge in [0.2, 0.25) is 0 Å². The number of benzene rings is 1. The van der Waals surface area contributed by atoms with E-state index in [1.165, 1.54) is 11.1 Å². The molecule has 1 saturated heterocycles. The van der Waals surface area contributed by atoms with Crippen molar-refractivity contribution in [1.29, 1.82) is 0 Å². The highest BCUT2D eigenvalue weighted by Crippen LogP contribution is 2.21. The maximum absolute atomic E-state index is 3.49. The van der Waals surface area contributed by atoms with Crippen LogP contribution in [0.4, 0.5) is 0 Å². The summed E-state index contributed by atoms with van der Waals surface area (Å²) in [4.78, 5) is 2.57. The molecule has 2 heteroatoms. The number of piperazine rings is 1. The number of aryl methyl sites for hydroxylation is 1. The van der Waals surface area contributed by atoms with Crippen molar-refractivity contribution in [2.45, 2.75) is 39.3 Å². The van der Waals surface area contributed by atoms with Crippen LogP contribution < -0.4 is 5.32 Å². The maximum Gasteiger partial charge on any atom is 0.0321 e. The molecule has 0 spiro atoms. The molecule has 94 valence electrons. The van der Waals surface area contributed by atoms with Gasteiger partial charge < -0.3 is 5.32 Å². The van der Waals surface area contributed by atoms with Crippen LogP contribution in [-0.2, 0) is 6.42 Å². The summed E-state index contributed by atoms with van der Waals surface area (Å²) in [6.07, 6.45) is 1.12. The van der Waals surface area contributed by atoms with E-state index in [-0.39, 0.29) is 0 Å². The molecule has 2 atom stereocenters. The van der Waals surface area contributed by atoms with Gasteiger partial charge in [0.15, 0.2) is 0 Å². The van der Waals surface area contributed by atoms with Crippen molar-refractivity contribution in [3.05, 3.63) is 35.4 Å². The van der Waals surface area contributed by atoms with E-state index in [2.05, 4.69) is 55.3 Å². The Bertz CT molecular complexity index is 344. The quantitative estimate of drug-likeness (QED) is 0.862. The van der Waals surface area contributed by atoms with Crippen molar-refractivity contribution in [2.75, 3.05) is 19.6 Å². The Morgan fingerprint density at radius 1 is 1.35 bits per heavy atom. The number of nitrogens with zero attached hydrogens (tertiary/aromatic N) is 1. The van der Waals surface area contributed by atoms with E-state index >= 15 is 0 Å². The van der Waals surface area contributed by atoms with E-state index in [1.54, 1.807) is 0 Å². The van der Waals surface area contributed by atoms with E-state index in [4.69, 9.17) is 0 Å². The monoisotopic (exact) mass is 232 g/mol. The zero-order chi connectivity index (χ0) is 12.3. The molecule has 1 aliphatic rings. The van der Waals surface area contributed by atoms with Gasteiger partial charge in [0, 0.05) is 31.7 Å². The second-order valence-corrected chi connectivity index (χ2v) is 5.12. The first-order valence-electron chi connectivity index (χ1n) is 6.77. The summed E-state index contributed by atoms with van der Waals surface area (Å²) in [5.74, 6) is 0. The van der Waals surface area contributed by atoms with E-state index in [0.717, 1.165) is 26.1 Å². The predicted molar refractivity (Wildman–Crippen MR) is 73.3 cm³/mol. The topological polar surface area (TPSA) is 15.3 Å². The lowest BCUT2D eigenvalue weighted by Crippen LogP contribution is -2.49. The van der Waals surface area contributed by atoms with Crippen molar-refractivity contribution in [1.82, 2.24) is 10.2 Å². The van der Waals surface area contributed by atoms with Gasteiger partial charge in [0.05, 0.1) is 0 Å². The molecule has 1 aliphatic heterocycles. The van der Waals surface area contributed by atoms with Gasteiger partial charge in [-0.05, 0) is 31.4 Å². The van der Waals surface area contributed by atoms with Gasteiger partial charge in [0.1, 0.15) is 0 Å². The standard InChI is InChI=1S/C15H24N2/c1-4-14-5-7-15(8-6-14)13(3)17-10-9-16-12(2)11-17/h5-8,12-13,16H,4,9-11H2,1-3H3. The Balaban J connectivity index is 2.04. The van der Waals surface area contributed by atoms with Crippen molar-refractivity contribution in [2.24, 2.45) is 0 Å². The third-order valence-corrected chi connectivity index (χ3v) is 3.82. The second kappa shape index (κ2) is 5.65. The first-order chi connectivity index (χ1) is 8.20. The molecule has 0 aliphatic carbocycles. The Hall–Kier alpha value is -0.860. The Kier molecular flexibility index (Phi) is 4.19. The van der Waals surface area contributed by atoms with Gasteiger partial charge in [0.25, 0.3) is 0 Å². The lowest BCUT2D eigenvalue weighted by atomic mass is 10.0. The van der Waals surface area contributed by atoms with Crippen LogP contribution in [0.15, 0.2) is 24.3 Å². The zero-order valence-corrected chi connectivity index (χ0v) is 11.2. The summed E-state index contributed by atoms with van der Waals surface area (Å²) in [5, 5.41) is 3.49. The molecule has 0 aromatic heterocycles. The Morgan fingerprint density at radius 3 is 2.65 bits per heavy atom.